The van der Waals surface area contributed by atoms with Crippen molar-refractivity contribution in [3.05, 3.63) is 283 Å². The van der Waals surface area contributed by atoms with Crippen LogP contribution in [0.1, 0.15) is 121 Å². The summed E-state index contributed by atoms with van der Waals surface area (Å²) in [4.78, 5) is 22.5. The van der Waals surface area contributed by atoms with Crippen molar-refractivity contribution in [3.63, 3.8) is 0 Å². The van der Waals surface area contributed by atoms with Crippen LogP contribution in [0.4, 0.5) is 0 Å². The molecule has 14 aromatic rings. The first kappa shape index (κ1) is 73.7. The van der Waals surface area contributed by atoms with Gasteiger partial charge in [0.1, 0.15) is 0 Å². The summed E-state index contributed by atoms with van der Waals surface area (Å²) in [5.74, 6) is 3.43. The van der Waals surface area contributed by atoms with Gasteiger partial charge in [0.15, 0.2) is 9.84 Å². The molecule has 0 saturated carbocycles. The minimum absolute atomic E-state index is 0.357. The zero-order chi connectivity index (χ0) is 76.1. The number of pyridine rings is 3. The molecule has 11 heterocycles. The van der Waals surface area contributed by atoms with Crippen molar-refractivity contribution in [1.82, 2.24) is 52.8 Å². The molecular formula is C95H99N11O2S. The van der Waals surface area contributed by atoms with Gasteiger partial charge in [-0.25, -0.2) is 8.42 Å². The summed E-state index contributed by atoms with van der Waals surface area (Å²) in [7, 11) is 5.57. The molecular weight excluding hydrogens is 1360 g/mol. The SMILES string of the molecule is C/C(=C\n1c2c(c3cc(C)cc(C)c31)CN(C)CC2)c1cccc(S(C)(=O)=O)c1.C/C(=C\n1c2c(c3cc(C)cc(C)c31)CN(C)CC2)c1ccncc1.C/C(=C\n1c2c(c3cc(C)ccc31)CN(C)CC2)c1ccc2cnccc2c1.Cc1ccc2c(c1)c1c(n2C#Cc2cccc3cnccc23)CCN(C)C1. The summed E-state index contributed by atoms with van der Waals surface area (Å²) in [5, 5.41) is 10.2. The van der Waals surface area contributed by atoms with E-state index in [1.165, 1.54) is 161 Å². The van der Waals surface area contributed by atoms with Gasteiger partial charge < -0.3 is 33.3 Å². The van der Waals surface area contributed by atoms with Crippen LogP contribution >= 0.6 is 0 Å². The molecule has 14 heteroatoms. The summed E-state index contributed by atoms with van der Waals surface area (Å²) in [6.45, 7) is 27.9. The molecule has 0 bridgehead atoms. The Labute approximate surface area is 642 Å². The number of allylic oxidation sites excluding steroid dienone is 3. The molecule has 0 amide bonds. The van der Waals surface area contributed by atoms with Crippen LogP contribution in [0.15, 0.2) is 188 Å². The van der Waals surface area contributed by atoms with Gasteiger partial charge in [0.2, 0.25) is 0 Å². The lowest BCUT2D eigenvalue weighted by Crippen LogP contribution is -2.27. The number of benzene rings is 7. The van der Waals surface area contributed by atoms with Gasteiger partial charge in [-0.3, -0.25) is 19.5 Å². The third-order valence-corrected chi connectivity index (χ3v) is 23.7. The van der Waals surface area contributed by atoms with E-state index in [-0.39, 0.29) is 0 Å². The highest BCUT2D eigenvalue weighted by Crippen LogP contribution is 2.39. The van der Waals surface area contributed by atoms with Gasteiger partial charge in [-0.2, -0.15) is 0 Å². The molecule has 552 valence electrons. The highest BCUT2D eigenvalue weighted by atomic mass is 32.2. The highest BCUT2D eigenvalue weighted by Gasteiger charge is 2.28. The minimum atomic E-state index is -3.23. The van der Waals surface area contributed by atoms with Crippen LogP contribution in [0, 0.1) is 53.5 Å². The van der Waals surface area contributed by atoms with Crippen molar-refractivity contribution in [2.24, 2.45) is 0 Å². The zero-order valence-corrected chi connectivity index (χ0v) is 66.5. The van der Waals surface area contributed by atoms with Crippen molar-refractivity contribution in [2.45, 2.75) is 119 Å². The first-order valence-corrected chi connectivity index (χ1v) is 40.1. The van der Waals surface area contributed by atoms with E-state index >= 15 is 0 Å². The third kappa shape index (κ3) is 15.2. The van der Waals surface area contributed by atoms with Crippen LogP contribution in [0.25, 0.3) is 100 Å². The van der Waals surface area contributed by atoms with E-state index in [1.807, 2.05) is 55.4 Å². The quantitative estimate of drug-likeness (QED) is 0.144. The number of aryl methyl sites for hydroxylation is 6. The number of hydrogen-bond donors (Lipinski definition) is 0. The lowest BCUT2D eigenvalue weighted by molar-refractivity contribution is 0.311. The maximum absolute atomic E-state index is 12.0. The van der Waals surface area contributed by atoms with Crippen molar-refractivity contribution in [1.29, 1.82) is 0 Å². The molecule has 0 radical (unpaired) electrons. The maximum Gasteiger partial charge on any atom is 0.175 e. The maximum atomic E-state index is 12.0. The standard InChI is InChI=1S/C25H25N3.C24H21N3.C24H28N2O2S.C22H25N3/c1-17-4-7-24-22(12-17)23-16-27(3)11-9-25(23)28(24)15-18(2)19-5-6-21-14-26-10-8-20(21)13-19;1-17-6-7-23-21(14-17)22-16-26(2)12-10-24(22)27(23)13-9-18-4-3-5-19-15-25-11-8-20(18)19;1-16-11-17(2)24-21(12-16)22-15-25(4)10-9-23(22)26(24)14-18(3)19-7-6-8-20(13-19)29(5,27)28;1-15-11-16(2)22-19(12-15)20-14-24(4)10-7-21(20)25(22)13-17(3)18-5-8-23-9-6-18/h4-8,10,12-15H,9,11,16H2,1-3H3;3-8,11,14-15H,10,12,16H2,1-2H3;6-8,11-14H,9-10,15H2,1-5H3;5-6,8-9,11-13H,7,10,14H2,1-4H3/b18-15+;;18-14+;17-13+. The van der Waals surface area contributed by atoms with E-state index in [2.05, 4.69) is 289 Å². The molecule has 18 rings (SSSR count). The van der Waals surface area contributed by atoms with Crippen LogP contribution in [0.2, 0.25) is 0 Å². The second-order valence-electron chi connectivity index (χ2n) is 31.1. The molecule has 0 saturated heterocycles. The van der Waals surface area contributed by atoms with Gasteiger partial charge >= 0.3 is 0 Å². The van der Waals surface area contributed by atoms with Gasteiger partial charge in [-0.05, 0) is 254 Å². The number of rotatable bonds is 7. The monoisotopic (exact) mass is 1460 g/mol. The van der Waals surface area contributed by atoms with Crippen molar-refractivity contribution in [2.75, 3.05) is 60.6 Å². The summed E-state index contributed by atoms with van der Waals surface area (Å²) >= 11 is 0. The van der Waals surface area contributed by atoms with E-state index in [0.717, 1.165) is 106 Å². The molecule has 13 nitrogen and oxygen atoms in total. The van der Waals surface area contributed by atoms with Crippen LogP contribution in [0.3, 0.4) is 0 Å². The van der Waals surface area contributed by atoms with Gasteiger partial charge in [0.25, 0.3) is 0 Å². The molecule has 0 unspecified atom stereocenters. The number of nitrogens with zero attached hydrogens (tertiary/aromatic N) is 11. The van der Waals surface area contributed by atoms with Crippen LogP contribution < -0.4 is 0 Å². The molecule has 7 aromatic carbocycles. The molecule has 0 N–H and O–H groups in total. The normalized spacial score (nSPS) is 15.2. The predicted molar refractivity (Wildman–Crippen MR) is 455 cm³/mol. The van der Waals surface area contributed by atoms with Crippen molar-refractivity contribution < 1.29 is 8.42 Å². The van der Waals surface area contributed by atoms with Crippen LogP contribution in [-0.2, 0) is 61.7 Å². The fourth-order valence-corrected chi connectivity index (χ4v) is 17.6. The lowest BCUT2D eigenvalue weighted by atomic mass is 10.0. The third-order valence-electron chi connectivity index (χ3n) is 22.5. The second-order valence-corrected chi connectivity index (χ2v) is 33.2. The molecule has 109 heavy (non-hydrogen) atoms. The number of hydrogen-bond acceptors (Lipinski definition) is 9. The van der Waals surface area contributed by atoms with Crippen LogP contribution in [0.5, 0.6) is 0 Å². The topological polar surface area (TPSA) is 105 Å². The van der Waals surface area contributed by atoms with Crippen LogP contribution in [-0.4, -0.2) is 122 Å². The summed E-state index contributed by atoms with van der Waals surface area (Å²) < 4.78 is 33.4. The van der Waals surface area contributed by atoms with E-state index < -0.39 is 9.84 Å². The number of fused-ring (bicyclic) bond motifs is 14. The Morgan fingerprint density at radius 1 is 0.404 bits per heavy atom. The molecule has 0 fully saturated rings. The van der Waals surface area contributed by atoms with Crippen molar-refractivity contribution in [3.8, 4) is 12.0 Å². The fourth-order valence-electron chi connectivity index (χ4n) is 17.0. The van der Waals surface area contributed by atoms with E-state index in [4.69, 9.17) is 0 Å². The molecule has 0 spiro atoms. The first-order chi connectivity index (χ1) is 52.5. The van der Waals surface area contributed by atoms with Gasteiger partial charge in [0.05, 0.1) is 27.0 Å². The molecule has 0 aliphatic carbocycles. The Kier molecular flexibility index (Phi) is 20.8. The van der Waals surface area contributed by atoms with Gasteiger partial charge in [-0.15, -0.1) is 0 Å². The Morgan fingerprint density at radius 3 is 1.46 bits per heavy atom. The number of sulfone groups is 1. The highest BCUT2D eigenvalue weighted by molar-refractivity contribution is 7.90. The Bertz CT molecular complexity index is 6180. The van der Waals surface area contributed by atoms with Crippen molar-refractivity contribution >= 4 is 110 Å². The smallest absolute Gasteiger partial charge is 0.175 e. The first-order valence-electron chi connectivity index (χ1n) is 38.2. The van der Waals surface area contributed by atoms with Gasteiger partial charge in [-0.1, -0.05) is 82.9 Å². The van der Waals surface area contributed by atoms with E-state index in [1.54, 1.807) is 12.1 Å². The number of aromatic nitrogens is 7. The molecule has 7 aromatic heterocycles. The molecule has 4 aliphatic heterocycles. The fraction of sp³-hybridized carbons (Fsp3) is 0.274. The minimum Gasteiger partial charge on any atom is -0.320 e. The number of likely N-dealkylation sites (N-methyl/N-ethyl adjacent to an activating group) is 4. The Balaban J connectivity index is 0.000000116. The lowest BCUT2D eigenvalue weighted by Gasteiger charge is -2.23. The second kappa shape index (κ2) is 30.7. The average Bonchev–Trinajstić information content (AvgIpc) is 1.61. The average molecular weight is 1460 g/mol. The largest absolute Gasteiger partial charge is 0.320 e. The molecule has 0 atom stereocenters. The molecule has 4 aliphatic rings. The Morgan fingerprint density at radius 2 is 0.872 bits per heavy atom. The zero-order valence-electron chi connectivity index (χ0n) is 65.7. The summed E-state index contributed by atoms with van der Waals surface area (Å²) in [6, 6.07) is 54.5. The van der Waals surface area contributed by atoms with E-state index in [9.17, 15) is 8.42 Å². The van der Waals surface area contributed by atoms with E-state index in [0.29, 0.717) is 4.90 Å². The summed E-state index contributed by atoms with van der Waals surface area (Å²) in [5.41, 5.74) is 32.6. The predicted octanol–water partition coefficient (Wildman–Crippen LogP) is 19.2. The summed E-state index contributed by atoms with van der Waals surface area (Å²) in [6.07, 6.45) is 23.5. The van der Waals surface area contributed by atoms with Gasteiger partial charge in [0, 0.05) is 212 Å². The Hall–Kier alpha value is -10.8.